The maximum atomic E-state index is 13.9. The number of rotatable bonds is 12. The molecule has 3 aromatic heterocycles. The van der Waals surface area contributed by atoms with Crippen molar-refractivity contribution in [2.45, 2.75) is 65.4 Å². The first-order valence-electron chi connectivity index (χ1n) is 16.4. The van der Waals surface area contributed by atoms with E-state index in [1.807, 2.05) is 6.07 Å². The quantitative estimate of drug-likeness (QED) is 0.143. The van der Waals surface area contributed by atoms with Gasteiger partial charge in [-0.2, -0.15) is 13.2 Å². The summed E-state index contributed by atoms with van der Waals surface area (Å²) in [5.74, 6) is -2.37. The number of pyridine rings is 1. The average molecular weight is 732 g/mol. The summed E-state index contributed by atoms with van der Waals surface area (Å²) in [4.78, 5) is 62.3. The number of carbonyl (C=O) groups excluding carboxylic acids is 3. The van der Waals surface area contributed by atoms with Crippen LogP contribution in [0.1, 0.15) is 66.8 Å². The smallest absolute Gasteiger partial charge is 0.417 e. The molecule has 0 bridgehead atoms. The molecule has 0 aliphatic rings. The Labute approximate surface area is 301 Å². The molecule has 5 aromatic rings. The first-order chi connectivity index (χ1) is 25.1. The number of benzene rings is 2. The molecule has 0 saturated carbocycles. The summed E-state index contributed by atoms with van der Waals surface area (Å²) in [6.07, 6.45) is -4.78. The minimum atomic E-state index is -4.57. The van der Waals surface area contributed by atoms with E-state index in [1.54, 1.807) is 82.3 Å². The van der Waals surface area contributed by atoms with E-state index in [-0.39, 0.29) is 35.4 Å². The zero-order valence-electron chi connectivity index (χ0n) is 29.4. The molecule has 5 rings (SSSR count). The molecule has 0 aliphatic carbocycles. The number of alkyl halides is 3. The van der Waals surface area contributed by atoms with Crippen molar-refractivity contribution in [3.05, 3.63) is 124 Å². The van der Waals surface area contributed by atoms with E-state index in [0.29, 0.717) is 11.8 Å². The molecule has 0 spiro atoms. The molecule has 2 N–H and O–H groups in total. The highest BCUT2D eigenvalue weighted by molar-refractivity contribution is 5.98. The lowest BCUT2D eigenvalue weighted by Crippen LogP contribution is -2.47. The second-order valence-electron chi connectivity index (χ2n) is 13.0. The lowest BCUT2D eigenvalue weighted by molar-refractivity contribution is -0.137. The SMILES string of the molecule is Cc1nc(-c2ccccc2)n(CC(=O)N[C@H](C(=O)c2nnc(C(C)(C)c3ccc(C(F)(F)F)cn3)o2)C(C)C)c(=O)c1NC(=O)OCc1ccccc1. The monoisotopic (exact) mass is 731 g/mol. The van der Waals surface area contributed by atoms with Gasteiger partial charge in [-0.1, -0.05) is 74.5 Å². The van der Waals surface area contributed by atoms with Gasteiger partial charge >= 0.3 is 12.3 Å². The van der Waals surface area contributed by atoms with E-state index in [9.17, 15) is 32.3 Å². The molecule has 0 radical (unpaired) electrons. The van der Waals surface area contributed by atoms with E-state index in [2.05, 4.69) is 30.8 Å². The van der Waals surface area contributed by atoms with Crippen LogP contribution in [-0.2, 0) is 34.3 Å². The number of nitrogens with one attached hydrogen (secondary N) is 2. The fraction of sp³-hybridized carbons (Fsp3) is 0.297. The first kappa shape index (κ1) is 38.1. The Kier molecular flexibility index (Phi) is 11.2. The summed E-state index contributed by atoms with van der Waals surface area (Å²) < 4.78 is 51.3. The number of ether oxygens (including phenoxy) is 1. The van der Waals surface area contributed by atoms with Gasteiger partial charge < -0.3 is 14.5 Å². The van der Waals surface area contributed by atoms with Crippen LogP contribution < -0.4 is 16.2 Å². The highest BCUT2D eigenvalue weighted by Crippen LogP contribution is 2.33. The van der Waals surface area contributed by atoms with Crippen molar-refractivity contribution in [3.63, 3.8) is 0 Å². The Morgan fingerprint density at radius 3 is 2.21 bits per heavy atom. The van der Waals surface area contributed by atoms with Gasteiger partial charge in [-0.15, -0.1) is 10.2 Å². The van der Waals surface area contributed by atoms with Gasteiger partial charge in [0.05, 0.1) is 28.4 Å². The number of halogens is 3. The van der Waals surface area contributed by atoms with Crippen LogP contribution in [0.15, 0.2) is 88.2 Å². The fourth-order valence-electron chi connectivity index (χ4n) is 5.27. The van der Waals surface area contributed by atoms with Crippen LogP contribution in [0, 0.1) is 12.8 Å². The van der Waals surface area contributed by atoms with Gasteiger partial charge in [-0.05, 0) is 44.4 Å². The Morgan fingerprint density at radius 2 is 1.60 bits per heavy atom. The summed E-state index contributed by atoms with van der Waals surface area (Å²) >= 11 is 0. The molecule has 53 heavy (non-hydrogen) atoms. The highest BCUT2D eigenvalue weighted by atomic mass is 19.4. The van der Waals surface area contributed by atoms with Crippen LogP contribution in [0.3, 0.4) is 0 Å². The minimum absolute atomic E-state index is 0.0482. The van der Waals surface area contributed by atoms with Crippen molar-refractivity contribution in [1.29, 1.82) is 0 Å². The van der Waals surface area contributed by atoms with Crippen molar-refractivity contribution < 1.29 is 36.7 Å². The predicted molar refractivity (Wildman–Crippen MR) is 186 cm³/mol. The average Bonchev–Trinajstić information content (AvgIpc) is 3.64. The summed E-state index contributed by atoms with van der Waals surface area (Å²) in [7, 11) is 0. The van der Waals surface area contributed by atoms with E-state index < -0.39 is 64.9 Å². The summed E-state index contributed by atoms with van der Waals surface area (Å²) in [6, 6.07) is 18.5. The molecule has 0 aliphatic heterocycles. The second-order valence-corrected chi connectivity index (χ2v) is 13.0. The number of amides is 2. The Morgan fingerprint density at radius 1 is 0.943 bits per heavy atom. The number of hydrogen-bond acceptors (Lipinski definition) is 10. The maximum absolute atomic E-state index is 13.9. The number of carbonyl (C=O) groups is 3. The van der Waals surface area contributed by atoms with Gasteiger partial charge in [-0.3, -0.25) is 29.3 Å². The molecule has 0 unspecified atom stereocenters. The largest absolute Gasteiger partial charge is 0.444 e. The van der Waals surface area contributed by atoms with Crippen LogP contribution in [0.4, 0.5) is 23.7 Å². The maximum Gasteiger partial charge on any atom is 0.417 e. The summed E-state index contributed by atoms with van der Waals surface area (Å²) in [6.45, 7) is 7.43. The standard InChI is InChI=1S/C37H36F3N7O6/c1-21(2)28(30(49)32-45-46-34(53-32)36(4,5)26-17-16-25(18-41-26)37(38,39)40)43-27(48)19-47-31(24-14-10-7-11-15-24)42-22(3)29(33(47)50)44-35(51)52-20-23-12-8-6-9-13-23/h6-18,21,28H,19-20H2,1-5H3,(H,43,48)(H,44,51)/t28-/m0/s1. The molecule has 13 nitrogen and oxygen atoms in total. The van der Waals surface area contributed by atoms with Gasteiger partial charge in [-0.25, -0.2) is 9.78 Å². The molecule has 276 valence electrons. The van der Waals surface area contributed by atoms with Crippen molar-refractivity contribution in [2.24, 2.45) is 5.92 Å². The van der Waals surface area contributed by atoms with E-state index in [4.69, 9.17) is 9.15 Å². The van der Waals surface area contributed by atoms with E-state index >= 15 is 0 Å². The fourth-order valence-corrected chi connectivity index (χ4v) is 5.27. The number of ketones is 1. The number of hydrogen-bond donors (Lipinski definition) is 2. The molecule has 1 atom stereocenters. The van der Waals surface area contributed by atoms with Gasteiger partial charge in [0.15, 0.2) is 0 Å². The molecule has 3 heterocycles. The lowest BCUT2D eigenvalue weighted by atomic mass is 9.88. The first-order valence-corrected chi connectivity index (χ1v) is 16.4. The number of nitrogens with zero attached hydrogens (tertiary/aromatic N) is 5. The van der Waals surface area contributed by atoms with Gasteiger partial charge in [0.2, 0.25) is 17.6 Å². The Hall–Kier alpha value is -6.19. The molecule has 2 amide bonds. The normalized spacial score (nSPS) is 12.3. The van der Waals surface area contributed by atoms with Gasteiger partial charge in [0.1, 0.15) is 24.7 Å². The van der Waals surface area contributed by atoms with E-state index in [0.717, 1.165) is 16.2 Å². The van der Waals surface area contributed by atoms with Crippen LogP contribution in [0.2, 0.25) is 0 Å². The van der Waals surface area contributed by atoms with Gasteiger partial charge in [0.25, 0.3) is 11.4 Å². The third-order valence-electron chi connectivity index (χ3n) is 8.29. The molecule has 2 aromatic carbocycles. The second kappa shape index (κ2) is 15.6. The highest BCUT2D eigenvalue weighted by Gasteiger charge is 2.37. The predicted octanol–water partition coefficient (Wildman–Crippen LogP) is 6.11. The third-order valence-corrected chi connectivity index (χ3v) is 8.29. The minimum Gasteiger partial charge on any atom is -0.444 e. The molecule has 0 saturated heterocycles. The third kappa shape index (κ3) is 8.83. The van der Waals surface area contributed by atoms with Crippen molar-refractivity contribution in [3.8, 4) is 11.4 Å². The Balaban J connectivity index is 1.37. The molecule has 16 heteroatoms. The van der Waals surface area contributed by atoms with Crippen molar-refractivity contribution >= 4 is 23.5 Å². The number of aromatic nitrogens is 5. The topological polar surface area (TPSA) is 171 Å². The Bertz CT molecular complexity index is 2150. The lowest BCUT2D eigenvalue weighted by Gasteiger charge is -2.21. The van der Waals surface area contributed by atoms with Crippen LogP contribution in [0.25, 0.3) is 11.4 Å². The van der Waals surface area contributed by atoms with Crippen LogP contribution in [-0.4, -0.2) is 48.6 Å². The van der Waals surface area contributed by atoms with Crippen LogP contribution in [0.5, 0.6) is 0 Å². The summed E-state index contributed by atoms with van der Waals surface area (Å²) in [5, 5.41) is 12.9. The molecular formula is C37H36F3N7O6. The zero-order valence-corrected chi connectivity index (χ0v) is 29.4. The molecule has 0 fully saturated rings. The van der Waals surface area contributed by atoms with Crippen molar-refractivity contribution in [2.75, 3.05) is 5.32 Å². The number of anilines is 1. The molecular weight excluding hydrogens is 695 g/mol. The number of Topliss-reactive ketones (excluding diaryl/α,β-unsaturated/α-hetero) is 1. The summed E-state index contributed by atoms with van der Waals surface area (Å²) in [5.41, 5.74) is -1.44. The zero-order chi connectivity index (χ0) is 38.5. The van der Waals surface area contributed by atoms with E-state index in [1.165, 1.54) is 13.0 Å². The number of aryl methyl sites for hydroxylation is 1. The van der Waals surface area contributed by atoms with Gasteiger partial charge in [0, 0.05) is 11.8 Å². The van der Waals surface area contributed by atoms with Crippen molar-refractivity contribution in [1.82, 2.24) is 30.0 Å². The van der Waals surface area contributed by atoms with Crippen LogP contribution >= 0.6 is 0 Å².